The van der Waals surface area contributed by atoms with Gasteiger partial charge in [0.05, 0.1) is 0 Å². The molecule has 0 aliphatic heterocycles. The van der Waals surface area contributed by atoms with Crippen LogP contribution < -0.4 is 10.6 Å². The molecule has 112 valence electrons. The number of rotatable bonds is 2. The zero-order chi connectivity index (χ0) is 14.6. The second-order valence-electron chi connectivity index (χ2n) is 6.61. The fourth-order valence-electron chi connectivity index (χ4n) is 2.45. The first-order valence-corrected chi connectivity index (χ1v) is 7.50. The van der Waals surface area contributed by atoms with Crippen molar-refractivity contribution in [3.8, 4) is 0 Å². The second kappa shape index (κ2) is 6.29. The average molecular weight is 279 g/mol. The van der Waals surface area contributed by atoms with E-state index in [1.54, 1.807) is 6.07 Å². The van der Waals surface area contributed by atoms with Crippen LogP contribution in [0, 0.1) is 0 Å². The van der Waals surface area contributed by atoms with Gasteiger partial charge in [0.25, 0.3) is 0 Å². The van der Waals surface area contributed by atoms with Crippen LogP contribution in [0.4, 0.5) is 10.6 Å². The number of anilines is 1. The Morgan fingerprint density at radius 3 is 2.45 bits per heavy atom. The Hall–Kier alpha value is -1.52. The Labute approximate surface area is 120 Å². The van der Waals surface area contributed by atoms with Crippen LogP contribution in [0.2, 0.25) is 0 Å². The molecule has 2 rings (SSSR count). The summed E-state index contributed by atoms with van der Waals surface area (Å²) in [4.78, 5) is 11.9. The number of nitrogens with zero attached hydrogens (tertiary/aromatic N) is 1. The third-order valence-electron chi connectivity index (χ3n) is 3.68. The molecule has 2 amide bonds. The quantitative estimate of drug-likeness (QED) is 0.809. The van der Waals surface area contributed by atoms with E-state index in [0.717, 1.165) is 18.6 Å². The molecule has 1 fully saturated rings. The van der Waals surface area contributed by atoms with E-state index < -0.39 is 0 Å². The van der Waals surface area contributed by atoms with Crippen molar-refractivity contribution in [3.63, 3.8) is 0 Å². The fraction of sp³-hybridized carbons (Fsp3) is 0.733. The summed E-state index contributed by atoms with van der Waals surface area (Å²) in [7, 11) is 0. The molecule has 20 heavy (non-hydrogen) atoms. The number of urea groups is 1. The van der Waals surface area contributed by atoms with Gasteiger partial charge in [-0.2, -0.15) is 0 Å². The minimum Gasteiger partial charge on any atom is -0.359 e. The zero-order valence-corrected chi connectivity index (χ0v) is 12.7. The van der Waals surface area contributed by atoms with Crippen molar-refractivity contribution in [1.29, 1.82) is 0 Å². The van der Waals surface area contributed by atoms with Crippen molar-refractivity contribution in [3.05, 3.63) is 11.8 Å². The lowest BCUT2D eigenvalue weighted by molar-refractivity contribution is 0.246. The average Bonchev–Trinajstić information content (AvgIpc) is 2.67. The van der Waals surface area contributed by atoms with Crippen molar-refractivity contribution in [2.45, 2.75) is 70.8 Å². The number of hydrogen-bond acceptors (Lipinski definition) is 3. The Bertz CT molecular complexity index is 440. The topological polar surface area (TPSA) is 67.2 Å². The van der Waals surface area contributed by atoms with Gasteiger partial charge < -0.3 is 9.84 Å². The summed E-state index contributed by atoms with van der Waals surface area (Å²) in [6.45, 7) is 6.13. The van der Waals surface area contributed by atoms with Crippen molar-refractivity contribution >= 4 is 11.8 Å². The van der Waals surface area contributed by atoms with Crippen molar-refractivity contribution in [2.24, 2.45) is 0 Å². The maximum atomic E-state index is 11.9. The molecule has 2 N–H and O–H groups in total. The number of aromatic nitrogens is 1. The Balaban J connectivity index is 1.86. The third kappa shape index (κ3) is 4.25. The number of carbonyl (C=O) groups excluding carboxylic acids is 1. The van der Waals surface area contributed by atoms with E-state index in [9.17, 15) is 4.79 Å². The van der Waals surface area contributed by atoms with Gasteiger partial charge in [0.2, 0.25) is 0 Å². The maximum absolute atomic E-state index is 11.9. The Morgan fingerprint density at radius 2 is 1.90 bits per heavy atom. The van der Waals surface area contributed by atoms with Gasteiger partial charge in [-0.15, -0.1) is 0 Å². The normalized spacial score (nSPS) is 17.6. The van der Waals surface area contributed by atoms with Crippen molar-refractivity contribution in [2.75, 3.05) is 5.32 Å². The van der Waals surface area contributed by atoms with Gasteiger partial charge >= 0.3 is 6.03 Å². The predicted molar refractivity (Wildman–Crippen MR) is 78.8 cm³/mol. The molecule has 1 heterocycles. The molecule has 1 aromatic heterocycles. The lowest BCUT2D eigenvalue weighted by atomic mass is 9.93. The largest absolute Gasteiger partial charge is 0.359 e. The lowest BCUT2D eigenvalue weighted by Crippen LogP contribution is -2.37. The van der Waals surface area contributed by atoms with Crippen LogP contribution in [-0.2, 0) is 5.41 Å². The lowest BCUT2D eigenvalue weighted by Gasteiger charge is -2.15. The van der Waals surface area contributed by atoms with E-state index in [1.807, 2.05) is 20.8 Å². The van der Waals surface area contributed by atoms with Crippen LogP contribution in [0.15, 0.2) is 10.6 Å². The van der Waals surface area contributed by atoms with E-state index in [0.29, 0.717) is 5.82 Å². The first kappa shape index (κ1) is 14.9. The number of carbonyl (C=O) groups is 1. The highest BCUT2D eigenvalue weighted by Gasteiger charge is 2.21. The molecular formula is C15H25N3O2. The summed E-state index contributed by atoms with van der Waals surface area (Å²) >= 11 is 0. The monoisotopic (exact) mass is 279 g/mol. The first-order valence-electron chi connectivity index (χ1n) is 7.50. The highest BCUT2D eigenvalue weighted by Crippen LogP contribution is 2.24. The molecule has 1 aromatic rings. The van der Waals surface area contributed by atoms with Crippen LogP contribution in [-0.4, -0.2) is 17.2 Å². The molecule has 1 aliphatic carbocycles. The minimum atomic E-state index is -0.189. The summed E-state index contributed by atoms with van der Waals surface area (Å²) < 4.78 is 5.25. The van der Waals surface area contributed by atoms with Gasteiger partial charge in [-0.05, 0) is 12.8 Å². The van der Waals surface area contributed by atoms with Crippen LogP contribution >= 0.6 is 0 Å². The molecule has 0 saturated heterocycles. The van der Waals surface area contributed by atoms with Gasteiger partial charge in [0.1, 0.15) is 5.76 Å². The van der Waals surface area contributed by atoms with Gasteiger partial charge in [0.15, 0.2) is 5.82 Å². The molecule has 0 bridgehead atoms. The van der Waals surface area contributed by atoms with Gasteiger partial charge in [-0.1, -0.05) is 51.6 Å². The van der Waals surface area contributed by atoms with E-state index in [1.165, 1.54) is 25.7 Å². The molecule has 0 atom stereocenters. The van der Waals surface area contributed by atoms with Crippen LogP contribution in [0.3, 0.4) is 0 Å². The molecule has 5 heteroatoms. The smallest absolute Gasteiger partial charge is 0.320 e. The molecule has 0 radical (unpaired) electrons. The van der Waals surface area contributed by atoms with E-state index >= 15 is 0 Å². The summed E-state index contributed by atoms with van der Waals surface area (Å²) in [5.41, 5.74) is -0.106. The van der Waals surface area contributed by atoms with Crippen LogP contribution in [0.1, 0.15) is 65.1 Å². The fourth-order valence-corrected chi connectivity index (χ4v) is 2.45. The molecule has 5 nitrogen and oxygen atoms in total. The Kier molecular flexibility index (Phi) is 4.68. The maximum Gasteiger partial charge on any atom is 0.320 e. The first-order chi connectivity index (χ1) is 9.45. The van der Waals surface area contributed by atoms with Crippen molar-refractivity contribution < 1.29 is 9.32 Å². The number of amides is 2. The van der Waals surface area contributed by atoms with Crippen LogP contribution in [0.5, 0.6) is 0 Å². The molecular weight excluding hydrogens is 254 g/mol. The SMILES string of the molecule is CC(C)(C)c1cc(NC(=O)NC2CCCCCC2)no1. The predicted octanol–water partition coefficient (Wildman–Crippen LogP) is 3.82. The highest BCUT2D eigenvalue weighted by atomic mass is 16.5. The summed E-state index contributed by atoms with van der Waals surface area (Å²) in [6, 6.07) is 1.88. The van der Waals surface area contributed by atoms with Gasteiger partial charge in [0, 0.05) is 17.5 Å². The molecule has 0 unspecified atom stereocenters. The minimum absolute atomic E-state index is 0.106. The van der Waals surface area contributed by atoms with Crippen molar-refractivity contribution in [1.82, 2.24) is 10.5 Å². The molecule has 1 aliphatic rings. The molecule has 0 spiro atoms. The van der Waals surface area contributed by atoms with E-state index in [2.05, 4.69) is 15.8 Å². The second-order valence-corrected chi connectivity index (χ2v) is 6.61. The third-order valence-corrected chi connectivity index (χ3v) is 3.68. The zero-order valence-electron chi connectivity index (χ0n) is 12.7. The van der Waals surface area contributed by atoms with E-state index in [4.69, 9.17) is 4.52 Å². The highest BCUT2D eigenvalue weighted by molar-refractivity contribution is 5.88. The number of hydrogen-bond donors (Lipinski definition) is 2. The Morgan fingerprint density at radius 1 is 1.25 bits per heavy atom. The number of nitrogens with one attached hydrogen (secondary N) is 2. The van der Waals surface area contributed by atoms with E-state index in [-0.39, 0.29) is 17.5 Å². The van der Waals surface area contributed by atoms with Crippen LogP contribution in [0.25, 0.3) is 0 Å². The summed E-state index contributed by atoms with van der Waals surface area (Å²) in [5, 5.41) is 9.66. The molecule has 0 aromatic carbocycles. The van der Waals surface area contributed by atoms with Gasteiger partial charge in [-0.25, -0.2) is 4.79 Å². The summed E-state index contributed by atoms with van der Waals surface area (Å²) in [6.07, 6.45) is 7.08. The standard InChI is InChI=1S/C15H25N3O2/c1-15(2,3)12-10-13(18-20-12)17-14(19)16-11-8-6-4-5-7-9-11/h10-11H,4-9H2,1-3H3,(H2,16,17,18,19). The summed E-state index contributed by atoms with van der Waals surface area (Å²) in [5.74, 6) is 1.24. The molecule has 1 saturated carbocycles. The van der Waals surface area contributed by atoms with Gasteiger partial charge in [-0.3, -0.25) is 5.32 Å².